The third-order valence-electron chi connectivity index (χ3n) is 4.19. The summed E-state index contributed by atoms with van der Waals surface area (Å²) in [6, 6.07) is 5.39. The van der Waals surface area contributed by atoms with Gasteiger partial charge < -0.3 is 14.5 Å². The van der Waals surface area contributed by atoms with Crippen LogP contribution in [0.25, 0.3) is 0 Å². The highest BCUT2D eigenvalue weighted by Crippen LogP contribution is 2.20. The molecule has 1 aliphatic rings. The first-order valence-electron chi connectivity index (χ1n) is 8.49. The molecule has 5 heteroatoms. The van der Waals surface area contributed by atoms with Crippen LogP contribution in [0.5, 0.6) is 0 Å². The fraction of sp³-hybridized carbons (Fsp3) is 0.500. The van der Waals surface area contributed by atoms with Crippen LogP contribution in [-0.2, 0) is 4.74 Å². The van der Waals surface area contributed by atoms with E-state index in [0.29, 0.717) is 30.8 Å². The highest BCUT2D eigenvalue weighted by atomic mass is 16.6. The van der Waals surface area contributed by atoms with Crippen LogP contribution < -0.4 is 0 Å². The van der Waals surface area contributed by atoms with Crippen molar-refractivity contribution < 1.29 is 14.3 Å². The topological polar surface area (TPSA) is 49.9 Å². The van der Waals surface area contributed by atoms with Gasteiger partial charge >= 0.3 is 6.09 Å². The smallest absolute Gasteiger partial charge is 0.410 e. The number of hydrogen-bond donors (Lipinski definition) is 0. The van der Waals surface area contributed by atoms with Crippen LogP contribution in [0.3, 0.4) is 0 Å². The molecular formula is C20H26N2O3. The molecule has 0 N–H and O–H groups in total. The molecule has 1 atom stereocenters. The summed E-state index contributed by atoms with van der Waals surface area (Å²) in [5.41, 5.74) is 1.55. The van der Waals surface area contributed by atoms with Gasteiger partial charge in [-0.05, 0) is 46.2 Å². The lowest BCUT2D eigenvalue weighted by atomic mass is 10.0. The number of aryl methyl sites for hydroxylation is 1. The van der Waals surface area contributed by atoms with E-state index in [2.05, 4.69) is 5.92 Å². The molecule has 0 saturated carbocycles. The molecule has 2 rings (SSSR count). The molecule has 5 nitrogen and oxygen atoms in total. The van der Waals surface area contributed by atoms with Crippen molar-refractivity contribution in [2.24, 2.45) is 0 Å². The van der Waals surface area contributed by atoms with Crippen molar-refractivity contribution in [3.63, 3.8) is 0 Å². The molecular weight excluding hydrogens is 316 g/mol. The Morgan fingerprint density at radius 1 is 1.28 bits per heavy atom. The molecule has 1 aromatic carbocycles. The minimum absolute atomic E-state index is 0.0898. The number of benzene rings is 1. The van der Waals surface area contributed by atoms with Crippen LogP contribution in [0, 0.1) is 19.3 Å². The molecule has 0 aromatic heterocycles. The van der Waals surface area contributed by atoms with Crippen LogP contribution >= 0.6 is 0 Å². The molecule has 1 aliphatic heterocycles. The summed E-state index contributed by atoms with van der Waals surface area (Å²) in [5.74, 6) is 2.53. The molecule has 1 unspecified atom stereocenters. The molecule has 0 spiro atoms. The maximum absolute atomic E-state index is 12.9. The lowest BCUT2D eigenvalue weighted by molar-refractivity contribution is 0.00616. The van der Waals surface area contributed by atoms with Crippen molar-refractivity contribution in [1.82, 2.24) is 9.80 Å². The largest absolute Gasteiger partial charge is 0.444 e. The Labute approximate surface area is 149 Å². The van der Waals surface area contributed by atoms with Gasteiger partial charge in [-0.1, -0.05) is 18.1 Å². The molecule has 1 aromatic rings. The Morgan fingerprint density at radius 2 is 1.96 bits per heavy atom. The number of carbonyl (C=O) groups is 2. The van der Waals surface area contributed by atoms with E-state index >= 15 is 0 Å². The second-order valence-electron chi connectivity index (χ2n) is 7.42. The summed E-state index contributed by atoms with van der Waals surface area (Å²) in [4.78, 5) is 28.6. The lowest BCUT2D eigenvalue weighted by Crippen LogP contribution is -2.56. The van der Waals surface area contributed by atoms with Crippen LogP contribution in [0.4, 0.5) is 4.79 Å². The maximum atomic E-state index is 12.9. The predicted octanol–water partition coefficient (Wildman–Crippen LogP) is 3.06. The van der Waals surface area contributed by atoms with Gasteiger partial charge in [0.25, 0.3) is 5.91 Å². The van der Waals surface area contributed by atoms with E-state index in [9.17, 15) is 9.59 Å². The number of piperazine rings is 1. The fourth-order valence-corrected chi connectivity index (χ4v) is 2.94. The van der Waals surface area contributed by atoms with Gasteiger partial charge in [-0.3, -0.25) is 4.79 Å². The number of nitrogens with zero attached hydrogens (tertiary/aromatic N) is 2. The third kappa shape index (κ3) is 4.33. The monoisotopic (exact) mass is 342 g/mol. The van der Waals surface area contributed by atoms with Crippen molar-refractivity contribution in [1.29, 1.82) is 0 Å². The fourth-order valence-electron chi connectivity index (χ4n) is 2.94. The van der Waals surface area contributed by atoms with E-state index in [4.69, 9.17) is 11.2 Å². The van der Waals surface area contributed by atoms with E-state index in [-0.39, 0.29) is 18.0 Å². The molecule has 0 aliphatic carbocycles. The average Bonchev–Trinajstić information content (AvgIpc) is 2.52. The second kappa shape index (κ2) is 7.18. The molecule has 1 fully saturated rings. The van der Waals surface area contributed by atoms with E-state index in [1.165, 1.54) is 0 Å². The number of ether oxygens (including phenoxy) is 1. The Balaban J connectivity index is 2.12. The molecule has 134 valence electrons. The summed E-state index contributed by atoms with van der Waals surface area (Å²) >= 11 is 0. The van der Waals surface area contributed by atoms with Crippen molar-refractivity contribution in [3.05, 3.63) is 34.9 Å². The first-order chi connectivity index (χ1) is 11.6. The standard InChI is InChI=1S/C20H26N2O3/c1-7-16-14(2)9-8-10-17(16)18(23)22-12-11-21(13-15(22)3)19(24)25-20(4,5)6/h1,8-10,15H,11-13H2,2-6H3. The van der Waals surface area contributed by atoms with Gasteiger partial charge in [0, 0.05) is 31.2 Å². The van der Waals surface area contributed by atoms with Crippen molar-refractivity contribution >= 4 is 12.0 Å². The normalized spacial score (nSPS) is 17.8. The van der Waals surface area contributed by atoms with E-state index in [1.807, 2.05) is 46.8 Å². The van der Waals surface area contributed by atoms with Gasteiger partial charge in [0.05, 0.1) is 5.56 Å². The van der Waals surface area contributed by atoms with E-state index in [1.54, 1.807) is 15.9 Å². The van der Waals surface area contributed by atoms with Crippen LogP contribution in [-0.4, -0.2) is 53.1 Å². The number of terminal acetylenes is 1. The van der Waals surface area contributed by atoms with Crippen molar-refractivity contribution in [3.8, 4) is 12.3 Å². The van der Waals surface area contributed by atoms with Gasteiger partial charge in [-0.15, -0.1) is 6.42 Å². The summed E-state index contributed by atoms with van der Waals surface area (Å²) in [5, 5.41) is 0. The maximum Gasteiger partial charge on any atom is 0.410 e. The SMILES string of the molecule is C#Cc1c(C)cccc1C(=O)N1CCN(C(=O)OC(C)(C)C)CC1C. The summed E-state index contributed by atoms with van der Waals surface area (Å²) in [6.07, 6.45) is 5.24. The first kappa shape index (κ1) is 18.9. The van der Waals surface area contributed by atoms with Crippen molar-refractivity contribution in [2.45, 2.75) is 46.3 Å². The molecule has 0 radical (unpaired) electrons. The Bertz CT molecular complexity index is 713. The zero-order chi connectivity index (χ0) is 18.8. The van der Waals surface area contributed by atoms with E-state index < -0.39 is 5.60 Å². The van der Waals surface area contributed by atoms with Crippen LogP contribution in [0.2, 0.25) is 0 Å². The Hall–Kier alpha value is -2.48. The van der Waals surface area contributed by atoms with Crippen LogP contribution in [0.15, 0.2) is 18.2 Å². The predicted molar refractivity (Wildman–Crippen MR) is 97.4 cm³/mol. The highest BCUT2D eigenvalue weighted by Gasteiger charge is 2.33. The summed E-state index contributed by atoms with van der Waals surface area (Å²) in [7, 11) is 0. The molecule has 25 heavy (non-hydrogen) atoms. The lowest BCUT2D eigenvalue weighted by Gasteiger charge is -2.40. The molecule has 1 heterocycles. The zero-order valence-corrected chi connectivity index (χ0v) is 15.6. The third-order valence-corrected chi connectivity index (χ3v) is 4.19. The minimum atomic E-state index is -0.531. The van der Waals surface area contributed by atoms with Gasteiger partial charge in [0.1, 0.15) is 5.60 Å². The Kier molecular flexibility index (Phi) is 5.42. The van der Waals surface area contributed by atoms with Crippen molar-refractivity contribution in [2.75, 3.05) is 19.6 Å². The highest BCUT2D eigenvalue weighted by molar-refractivity contribution is 5.97. The molecule has 0 bridgehead atoms. The summed E-state index contributed by atoms with van der Waals surface area (Å²) in [6.45, 7) is 10.7. The first-order valence-corrected chi connectivity index (χ1v) is 8.49. The second-order valence-corrected chi connectivity index (χ2v) is 7.42. The van der Waals surface area contributed by atoms with Gasteiger partial charge in [0.15, 0.2) is 0 Å². The number of rotatable bonds is 1. The van der Waals surface area contributed by atoms with E-state index in [0.717, 1.165) is 5.56 Å². The number of hydrogen-bond acceptors (Lipinski definition) is 3. The summed E-state index contributed by atoms with van der Waals surface area (Å²) < 4.78 is 5.42. The van der Waals surface area contributed by atoms with Gasteiger partial charge in [0.2, 0.25) is 0 Å². The Morgan fingerprint density at radius 3 is 2.52 bits per heavy atom. The zero-order valence-electron chi connectivity index (χ0n) is 15.6. The average molecular weight is 342 g/mol. The minimum Gasteiger partial charge on any atom is -0.444 e. The molecule has 1 saturated heterocycles. The quantitative estimate of drug-likeness (QED) is 0.737. The molecule has 2 amide bonds. The number of amides is 2. The van der Waals surface area contributed by atoms with Gasteiger partial charge in [-0.2, -0.15) is 0 Å². The van der Waals surface area contributed by atoms with Gasteiger partial charge in [-0.25, -0.2) is 4.79 Å². The van der Waals surface area contributed by atoms with Crippen LogP contribution in [0.1, 0.15) is 49.2 Å². The number of carbonyl (C=O) groups excluding carboxylic acids is 2.